The number of hydrogen-bond acceptors (Lipinski definition) is 5. The van der Waals surface area contributed by atoms with Crippen molar-refractivity contribution in [2.24, 2.45) is 0 Å². The molecule has 0 unspecified atom stereocenters. The van der Waals surface area contributed by atoms with Crippen LogP contribution in [-0.4, -0.2) is 34.5 Å². The highest BCUT2D eigenvalue weighted by atomic mass is 16.5. The number of nitrogens with zero attached hydrogens (tertiary/aromatic N) is 2. The average Bonchev–Trinajstić information content (AvgIpc) is 2.46. The van der Waals surface area contributed by atoms with Crippen LogP contribution in [0.4, 0.5) is 0 Å². The van der Waals surface area contributed by atoms with Gasteiger partial charge in [-0.15, -0.1) is 0 Å². The Kier molecular flexibility index (Phi) is 4.12. The molecule has 1 N–H and O–H groups in total. The first-order valence-electron chi connectivity index (χ1n) is 6.90. The molecule has 0 saturated carbocycles. The van der Waals surface area contributed by atoms with Crippen molar-refractivity contribution in [3.05, 3.63) is 35.2 Å². The SMILES string of the molecule is COC(=O)C(C)(C)NC(=O)c1ccc2nc(C)c(C)nc2c1. The number of hydrogen-bond donors (Lipinski definition) is 1. The van der Waals surface area contributed by atoms with Crippen molar-refractivity contribution >= 4 is 22.9 Å². The highest BCUT2D eigenvalue weighted by Crippen LogP contribution is 2.15. The zero-order valence-electron chi connectivity index (χ0n) is 13.4. The van der Waals surface area contributed by atoms with Crippen molar-refractivity contribution in [2.75, 3.05) is 7.11 Å². The van der Waals surface area contributed by atoms with Crippen molar-refractivity contribution in [2.45, 2.75) is 33.2 Å². The predicted octanol–water partition coefficient (Wildman–Crippen LogP) is 1.93. The van der Waals surface area contributed by atoms with Crippen LogP contribution in [0.25, 0.3) is 11.0 Å². The van der Waals surface area contributed by atoms with Crippen LogP contribution in [0, 0.1) is 13.8 Å². The number of rotatable bonds is 3. The molecule has 0 radical (unpaired) electrons. The molecule has 6 heteroatoms. The minimum atomic E-state index is -1.10. The largest absolute Gasteiger partial charge is 0.467 e. The normalized spacial score (nSPS) is 11.3. The van der Waals surface area contributed by atoms with Crippen LogP contribution in [0.5, 0.6) is 0 Å². The van der Waals surface area contributed by atoms with Gasteiger partial charge in [0.15, 0.2) is 0 Å². The minimum absolute atomic E-state index is 0.364. The van der Waals surface area contributed by atoms with Crippen LogP contribution in [0.2, 0.25) is 0 Å². The summed E-state index contributed by atoms with van der Waals surface area (Å²) in [6.07, 6.45) is 0. The first-order chi connectivity index (χ1) is 10.2. The van der Waals surface area contributed by atoms with E-state index >= 15 is 0 Å². The van der Waals surface area contributed by atoms with Crippen molar-refractivity contribution < 1.29 is 14.3 Å². The van der Waals surface area contributed by atoms with Crippen molar-refractivity contribution in [3.63, 3.8) is 0 Å². The number of ether oxygens (including phenoxy) is 1. The summed E-state index contributed by atoms with van der Waals surface area (Å²) in [6, 6.07) is 5.07. The van der Waals surface area contributed by atoms with Crippen LogP contribution in [-0.2, 0) is 9.53 Å². The summed E-state index contributed by atoms with van der Waals surface area (Å²) in [5.74, 6) is -0.870. The number of aryl methyl sites for hydroxylation is 2. The Morgan fingerprint density at radius 1 is 1.09 bits per heavy atom. The summed E-state index contributed by atoms with van der Waals surface area (Å²) in [6.45, 7) is 6.94. The van der Waals surface area contributed by atoms with Crippen LogP contribution in [0.1, 0.15) is 35.6 Å². The lowest BCUT2D eigenvalue weighted by atomic mass is 10.0. The van der Waals surface area contributed by atoms with Gasteiger partial charge in [-0.25, -0.2) is 14.8 Å². The molecule has 6 nitrogen and oxygen atoms in total. The molecular formula is C16H19N3O3. The van der Waals surface area contributed by atoms with E-state index < -0.39 is 11.5 Å². The average molecular weight is 301 g/mol. The van der Waals surface area contributed by atoms with Gasteiger partial charge >= 0.3 is 5.97 Å². The third-order valence-electron chi connectivity index (χ3n) is 3.46. The molecule has 1 aromatic heterocycles. The molecule has 1 amide bonds. The van der Waals surface area contributed by atoms with Gasteiger partial charge in [-0.1, -0.05) is 0 Å². The van der Waals surface area contributed by atoms with E-state index in [2.05, 4.69) is 20.0 Å². The van der Waals surface area contributed by atoms with Gasteiger partial charge in [-0.05, 0) is 45.9 Å². The van der Waals surface area contributed by atoms with Crippen molar-refractivity contribution in [1.82, 2.24) is 15.3 Å². The number of methoxy groups -OCH3 is 1. The van der Waals surface area contributed by atoms with Gasteiger partial charge in [0.25, 0.3) is 5.91 Å². The highest BCUT2D eigenvalue weighted by molar-refractivity contribution is 6.00. The summed E-state index contributed by atoms with van der Waals surface area (Å²) in [7, 11) is 1.28. The Balaban J connectivity index is 2.33. The summed E-state index contributed by atoms with van der Waals surface area (Å²) < 4.78 is 4.67. The van der Waals surface area contributed by atoms with Crippen LogP contribution in [0.15, 0.2) is 18.2 Å². The van der Waals surface area contributed by atoms with E-state index in [1.54, 1.807) is 32.0 Å². The molecule has 0 bridgehead atoms. The Morgan fingerprint density at radius 3 is 2.27 bits per heavy atom. The first kappa shape index (κ1) is 15.9. The predicted molar refractivity (Wildman–Crippen MR) is 82.6 cm³/mol. The Morgan fingerprint density at radius 2 is 1.68 bits per heavy atom. The van der Waals surface area contributed by atoms with Gasteiger partial charge in [0.2, 0.25) is 0 Å². The van der Waals surface area contributed by atoms with E-state index in [-0.39, 0.29) is 5.91 Å². The molecule has 22 heavy (non-hydrogen) atoms. The molecule has 0 aliphatic carbocycles. The van der Waals surface area contributed by atoms with E-state index in [0.717, 1.165) is 16.9 Å². The lowest BCUT2D eigenvalue weighted by Gasteiger charge is -2.23. The fourth-order valence-electron chi connectivity index (χ4n) is 2.03. The molecule has 0 spiro atoms. The maximum Gasteiger partial charge on any atom is 0.330 e. The number of esters is 1. The number of benzene rings is 1. The summed E-state index contributed by atoms with van der Waals surface area (Å²) in [4.78, 5) is 32.8. The number of carbonyl (C=O) groups is 2. The van der Waals surface area contributed by atoms with Gasteiger partial charge in [0, 0.05) is 5.56 Å². The number of carbonyl (C=O) groups excluding carboxylic acids is 2. The molecule has 116 valence electrons. The fraction of sp³-hybridized carbons (Fsp3) is 0.375. The molecular weight excluding hydrogens is 282 g/mol. The second-order valence-electron chi connectivity index (χ2n) is 5.67. The molecule has 1 aromatic carbocycles. The molecule has 0 saturated heterocycles. The first-order valence-corrected chi connectivity index (χ1v) is 6.90. The van der Waals surface area contributed by atoms with Gasteiger partial charge in [-0.3, -0.25) is 4.79 Å². The fourth-order valence-corrected chi connectivity index (χ4v) is 2.03. The van der Waals surface area contributed by atoms with E-state index in [0.29, 0.717) is 11.1 Å². The Labute approximate surface area is 128 Å². The van der Waals surface area contributed by atoms with Crippen LogP contribution >= 0.6 is 0 Å². The summed E-state index contributed by atoms with van der Waals surface area (Å²) in [5, 5.41) is 2.65. The highest BCUT2D eigenvalue weighted by Gasteiger charge is 2.30. The topological polar surface area (TPSA) is 81.2 Å². The Hall–Kier alpha value is -2.50. The standard InChI is InChI=1S/C16H19N3O3/c1-9-10(2)18-13-8-11(6-7-12(13)17-9)14(20)19-16(3,4)15(21)22-5/h6-8H,1-5H3,(H,19,20). The number of fused-ring (bicyclic) bond motifs is 1. The minimum Gasteiger partial charge on any atom is -0.467 e. The maximum atomic E-state index is 12.3. The second kappa shape index (κ2) is 5.71. The lowest BCUT2D eigenvalue weighted by molar-refractivity contribution is -0.146. The third-order valence-corrected chi connectivity index (χ3v) is 3.46. The molecule has 1 heterocycles. The van der Waals surface area contributed by atoms with Crippen LogP contribution in [0.3, 0.4) is 0 Å². The molecule has 0 atom stereocenters. The quantitative estimate of drug-likeness (QED) is 0.876. The molecule has 0 aliphatic heterocycles. The lowest BCUT2D eigenvalue weighted by Crippen LogP contribution is -2.50. The van der Waals surface area contributed by atoms with Gasteiger partial charge in [0.05, 0.1) is 29.5 Å². The van der Waals surface area contributed by atoms with E-state index in [1.165, 1.54) is 7.11 Å². The number of aromatic nitrogens is 2. The van der Waals surface area contributed by atoms with Gasteiger partial charge in [-0.2, -0.15) is 0 Å². The maximum absolute atomic E-state index is 12.3. The Bertz CT molecular complexity index is 754. The van der Waals surface area contributed by atoms with Crippen molar-refractivity contribution in [1.29, 1.82) is 0 Å². The van der Waals surface area contributed by atoms with Gasteiger partial charge < -0.3 is 10.1 Å². The van der Waals surface area contributed by atoms with Gasteiger partial charge in [0.1, 0.15) is 5.54 Å². The zero-order valence-corrected chi connectivity index (χ0v) is 13.4. The molecule has 2 rings (SSSR count). The second-order valence-corrected chi connectivity index (χ2v) is 5.67. The number of amides is 1. The van der Waals surface area contributed by atoms with Crippen molar-refractivity contribution in [3.8, 4) is 0 Å². The van der Waals surface area contributed by atoms with E-state index in [4.69, 9.17) is 0 Å². The van der Waals surface area contributed by atoms with E-state index in [1.807, 2.05) is 13.8 Å². The zero-order chi connectivity index (χ0) is 16.5. The molecule has 0 fully saturated rings. The third kappa shape index (κ3) is 3.05. The molecule has 0 aliphatic rings. The summed E-state index contributed by atoms with van der Waals surface area (Å²) in [5.41, 5.74) is 2.37. The summed E-state index contributed by atoms with van der Waals surface area (Å²) >= 11 is 0. The smallest absolute Gasteiger partial charge is 0.330 e. The monoisotopic (exact) mass is 301 g/mol. The number of nitrogens with one attached hydrogen (secondary N) is 1. The van der Waals surface area contributed by atoms with Crippen LogP contribution < -0.4 is 5.32 Å². The van der Waals surface area contributed by atoms with E-state index in [9.17, 15) is 9.59 Å². The molecule has 2 aromatic rings.